The number of aromatic amines is 1. The van der Waals surface area contributed by atoms with Gasteiger partial charge in [0, 0.05) is 11.8 Å². The Bertz CT molecular complexity index is 593. The normalized spacial score (nSPS) is 10.4. The van der Waals surface area contributed by atoms with Gasteiger partial charge in [0.1, 0.15) is 0 Å². The second-order valence-corrected chi connectivity index (χ2v) is 3.76. The van der Waals surface area contributed by atoms with Crippen LogP contribution in [-0.4, -0.2) is 9.97 Å². The van der Waals surface area contributed by atoms with Gasteiger partial charge in [-0.3, -0.25) is 0 Å². The Morgan fingerprint density at radius 1 is 1.25 bits per heavy atom. The molecule has 0 unspecified atom stereocenters. The maximum atomic E-state index is 13.1. The van der Waals surface area contributed by atoms with Gasteiger partial charge in [0.25, 0.3) is 0 Å². The van der Waals surface area contributed by atoms with E-state index < -0.39 is 11.6 Å². The molecule has 1 heterocycles. The van der Waals surface area contributed by atoms with E-state index in [2.05, 4.69) is 9.97 Å². The van der Waals surface area contributed by atoms with Crippen molar-refractivity contribution in [2.75, 3.05) is 0 Å². The van der Waals surface area contributed by atoms with Gasteiger partial charge in [0.2, 0.25) is 0 Å². The molecule has 0 spiro atoms. The highest BCUT2D eigenvalue weighted by atomic mass is 32.1. The monoisotopic (exact) mass is 238 g/mol. The van der Waals surface area contributed by atoms with Gasteiger partial charge in [-0.1, -0.05) is 0 Å². The average Bonchev–Trinajstić information content (AvgIpc) is 2.26. The Morgan fingerprint density at radius 2 is 2.00 bits per heavy atom. The van der Waals surface area contributed by atoms with E-state index in [1.54, 1.807) is 6.20 Å². The lowest BCUT2D eigenvalue weighted by Gasteiger charge is -2.05. The zero-order valence-electron chi connectivity index (χ0n) is 8.42. The van der Waals surface area contributed by atoms with Crippen LogP contribution in [0.25, 0.3) is 11.3 Å². The van der Waals surface area contributed by atoms with E-state index in [1.807, 2.05) is 6.92 Å². The number of H-pyrrole nitrogens is 1. The summed E-state index contributed by atoms with van der Waals surface area (Å²) < 4.78 is 26.2. The third kappa shape index (κ3) is 1.99. The number of aromatic nitrogens is 2. The molecule has 0 saturated heterocycles. The molecule has 2 nitrogen and oxygen atoms in total. The van der Waals surface area contributed by atoms with Crippen molar-refractivity contribution in [1.29, 1.82) is 0 Å². The van der Waals surface area contributed by atoms with Crippen molar-refractivity contribution in [1.82, 2.24) is 9.97 Å². The summed E-state index contributed by atoms with van der Waals surface area (Å²) in [6.45, 7) is 1.81. The number of aryl methyl sites for hydroxylation is 1. The summed E-state index contributed by atoms with van der Waals surface area (Å²) in [6.07, 6.45) is 1.59. The zero-order chi connectivity index (χ0) is 11.7. The first-order chi connectivity index (χ1) is 7.58. The maximum absolute atomic E-state index is 13.1. The molecule has 0 saturated carbocycles. The molecule has 1 aromatic carbocycles. The molecule has 0 atom stereocenters. The second kappa shape index (κ2) is 4.09. The molecule has 0 fully saturated rings. The fourth-order valence-corrected chi connectivity index (χ4v) is 1.56. The molecule has 0 radical (unpaired) electrons. The maximum Gasteiger partial charge on any atom is 0.197 e. The molecule has 1 aromatic heterocycles. The molecule has 16 heavy (non-hydrogen) atoms. The number of nitrogens with zero attached hydrogens (tertiary/aromatic N) is 1. The lowest BCUT2D eigenvalue weighted by Crippen LogP contribution is -1.93. The third-order valence-electron chi connectivity index (χ3n) is 2.21. The minimum atomic E-state index is -0.881. The topological polar surface area (TPSA) is 28.7 Å². The third-order valence-corrected chi connectivity index (χ3v) is 2.42. The van der Waals surface area contributed by atoms with Gasteiger partial charge < -0.3 is 4.98 Å². The fraction of sp³-hybridized carbons (Fsp3) is 0.0909. The van der Waals surface area contributed by atoms with Crippen LogP contribution in [0, 0.1) is 23.3 Å². The van der Waals surface area contributed by atoms with Crippen LogP contribution in [0.3, 0.4) is 0 Å². The lowest BCUT2D eigenvalue weighted by molar-refractivity contribution is 0.509. The molecule has 2 rings (SSSR count). The van der Waals surface area contributed by atoms with Gasteiger partial charge >= 0.3 is 0 Å². The van der Waals surface area contributed by atoms with Crippen LogP contribution in [0.4, 0.5) is 8.78 Å². The molecule has 0 aliphatic heterocycles. The number of nitrogens with one attached hydrogen (secondary N) is 1. The van der Waals surface area contributed by atoms with Crippen molar-refractivity contribution >= 4 is 12.2 Å². The van der Waals surface area contributed by atoms with Gasteiger partial charge in [-0.05, 0) is 42.9 Å². The zero-order valence-corrected chi connectivity index (χ0v) is 9.24. The van der Waals surface area contributed by atoms with E-state index in [0.29, 0.717) is 16.0 Å². The summed E-state index contributed by atoms with van der Waals surface area (Å²) in [5.74, 6) is -1.75. The molecule has 2 aromatic rings. The number of hydrogen-bond acceptors (Lipinski definition) is 2. The second-order valence-electron chi connectivity index (χ2n) is 3.38. The summed E-state index contributed by atoms with van der Waals surface area (Å²) in [5.41, 5.74) is 2.02. The number of hydrogen-bond donors (Lipinski definition) is 1. The van der Waals surface area contributed by atoms with E-state index >= 15 is 0 Å². The van der Waals surface area contributed by atoms with Crippen LogP contribution < -0.4 is 0 Å². The molecular weight excluding hydrogens is 230 g/mol. The Kier molecular flexibility index (Phi) is 2.78. The van der Waals surface area contributed by atoms with Crippen LogP contribution in [0.2, 0.25) is 0 Å². The SMILES string of the molecule is Cc1cnc(=S)[nH]c1-c1ccc(F)c(F)c1. The summed E-state index contributed by atoms with van der Waals surface area (Å²) >= 11 is 4.88. The lowest BCUT2D eigenvalue weighted by atomic mass is 10.1. The molecule has 0 aliphatic rings. The van der Waals surface area contributed by atoms with E-state index in [-0.39, 0.29) is 0 Å². The van der Waals surface area contributed by atoms with E-state index in [0.717, 1.165) is 17.7 Å². The van der Waals surface area contributed by atoms with Crippen molar-refractivity contribution in [3.63, 3.8) is 0 Å². The summed E-state index contributed by atoms with van der Waals surface area (Å²) in [6, 6.07) is 3.70. The summed E-state index contributed by atoms with van der Waals surface area (Å²) in [5, 5.41) is 0. The number of halogens is 2. The van der Waals surface area contributed by atoms with Crippen molar-refractivity contribution in [3.8, 4) is 11.3 Å². The van der Waals surface area contributed by atoms with Gasteiger partial charge in [0.15, 0.2) is 16.4 Å². The van der Waals surface area contributed by atoms with Crippen LogP contribution in [0.1, 0.15) is 5.56 Å². The number of rotatable bonds is 1. The summed E-state index contributed by atoms with van der Waals surface area (Å²) in [4.78, 5) is 6.75. The van der Waals surface area contributed by atoms with Crippen molar-refractivity contribution in [2.24, 2.45) is 0 Å². The minimum absolute atomic E-state index is 0.310. The molecule has 1 N–H and O–H groups in total. The molecule has 0 bridgehead atoms. The van der Waals surface area contributed by atoms with Crippen LogP contribution in [-0.2, 0) is 0 Å². The van der Waals surface area contributed by atoms with E-state index in [1.165, 1.54) is 6.07 Å². The molecule has 0 amide bonds. The Labute approximate surface area is 96.0 Å². The first-order valence-electron chi connectivity index (χ1n) is 4.59. The highest BCUT2D eigenvalue weighted by Crippen LogP contribution is 2.21. The first kappa shape index (κ1) is 10.9. The van der Waals surface area contributed by atoms with Crippen molar-refractivity contribution in [2.45, 2.75) is 6.92 Å². The van der Waals surface area contributed by atoms with Crippen LogP contribution in [0.15, 0.2) is 24.4 Å². The number of benzene rings is 1. The molecular formula is C11H8F2N2S. The Morgan fingerprint density at radius 3 is 2.69 bits per heavy atom. The molecule has 0 aliphatic carbocycles. The first-order valence-corrected chi connectivity index (χ1v) is 5.00. The van der Waals surface area contributed by atoms with Crippen molar-refractivity contribution in [3.05, 3.63) is 46.4 Å². The fourth-order valence-electron chi connectivity index (χ4n) is 1.41. The van der Waals surface area contributed by atoms with E-state index in [9.17, 15) is 8.78 Å². The summed E-state index contributed by atoms with van der Waals surface area (Å²) in [7, 11) is 0. The predicted octanol–water partition coefficient (Wildman–Crippen LogP) is 3.39. The van der Waals surface area contributed by atoms with Crippen LogP contribution >= 0.6 is 12.2 Å². The van der Waals surface area contributed by atoms with Gasteiger partial charge in [-0.25, -0.2) is 13.8 Å². The highest BCUT2D eigenvalue weighted by Gasteiger charge is 2.07. The Hall–Kier alpha value is -1.62. The standard InChI is InChI=1S/C11H8F2N2S/c1-6-5-14-11(16)15-10(6)7-2-3-8(12)9(13)4-7/h2-5H,1H3,(H,14,15,16). The smallest absolute Gasteiger partial charge is 0.197 e. The average molecular weight is 238 g/mol. The predicted molar refractivity (Wildman–Crippen MR) is 59.5 cm³/mol. The van der Waals surface area contributed by atoms with Gasteiger partial charge in [0.05, 0.1) is 5.69 Å². The highest BCUT2D eigenvalue weighted by molar-refractivity contribution is 7.71. The van der Waals surface area contributed by atoms with Crippen molar-refractivity contribution < 1.29 is 8.78 Å². The minimum Gasteiger partial charge on any atom is -0.330 e. The van der Waals surface area contributed by atoms with Gasteiger partial charge in [-0.15, -0.1) is 0 Å². The molecule has 82 valence electrons. The van der Waals surface area contributed by atoms with Crippen LogP contribution in [0.5, 0.6) is 0 Å². The van der Waals surface area contributed by atoms with E-state index in [4.69, 9.17) is 12.2 Å². The molecule has 5 heteroatoms. The quantitative estimate of drug-likeness (QED) is 0.771. The van der Waals surface area contributed by atoms with Gasteiger partial charge in [-0.2, -0.15) is 0 Å². The Balaban J connectivity index is 2.62. The largest absolute Gasteiger partial charge is 0.330 e.